The lowest BCUT2D eigenvalue weighted by molar-refractivity contribution is -0.106. The summed E-state index contributed by atoms with van der Waals surface area (Å²) in [5.74, 6) is 0.556. The molecule has 1 amide bonds. The molecule has 5 heteroatoms. The van der Waals surface area contributed by atoms with E-state index in [-0.39, 0.29) is 12.2 Å². The maximum Gasteiger partial charge on any atom is 0.218 e. The molecule has 0 N–H and O–H groups in total. The van der Waals surface area contributed by atoms with Crippen LogP contribution in [0, 0.1) is 18.3 Å². The zero-order valence-electron chi connectivity index (χ0n) is 21.7. The molecule has 3 aromatic rings. The van der Waals surface area contributed by atoms with Crippen molar-refractivity contribution < 1.29 is 9.53 Å². The van der Waals surface area contributed by atoms with Crippen LogP contribution in [0.4, 0.5) is 11.4 Å². The van der Waals surface area contributed by atoms with Crippen molar-refractivity contribution in [2.45, 2.75) is 51.7 Å². The molecule has 1 heterocycles. The number of nitrogens with zero attached hydrogens (tertiary/aromatic N) is 3. The Morgan fingerprint density at radius 3 is 2.41 bits per heavy atom. The van der Waals surface area contributed by atoms with Crippen LogP contribution in [0.25, 0.3) is 17.2 Å². The molecule has 1 aliphatic carbocycles. The molecule has 0 bridgehead atoms. The minimum Gasteiger partial charge on any atom is -0.372 e. The summed E-state index contributed by atoms with van der Waals surface area (Å²) in [7, 11) is 0. The topological polar surface area (TPSA) is 56.6 Å². The van der Waals surface area contributed by atoms with Crippen molar-refractivity contribution in [2.24, 2.45) is 0 Å². The number of aryl methyl sites for hydroxylation is 1. The van der Waals surface area contributed by atoms with E-state index in [2.05, 4.69) is 56.0 Å². The van der Waals surface area contributed by atoms with Gasteiger partial charge < -0.3 is 9.64 Å². The largest absolute Gasteiger partial charge is 0.372 e. The Bertz CT molecular complexity index is 1340. The molecule has 3 aromatic carbocycles. The van der Waals surface area contributed by atoms with E-state index in [0.29, 0.717) is 11.5 Å². The summed E-state index contributed by atoms with van der Waals surface area (Å²) >= 11 is 0. The van der Waals surface area contributed by atoms with E-state index in [1.807, 2.05) is 48.7 Å². The van der Waals surface area contributed by atoms with Crippen LogP contribution in [0.1, 0.15) is 54.9 Å². The van der Waals surface area contributed by atoms with Gasteiger partial charge in [-0.15, -0.1) is 0 Å². The molecular weight excluding hydrogens is 458 g/mol. The second-order valence-corrected chi connectivity index (χ2v) is 10.2. The third-order valence-electron chi connectivity index (χ3n) is 7.25. The van der Waals surface area contributed by atoms with Gasteiger partial charge in [-0.1, -0.05) is 30.3 Å². The number of hydrogen-bond acceptors (Lipinski definition) is 4. The number of rotatable bonds is 7. The molecule has 5 rings (SSSR count). The molecular formula is C32H33N3O2. The number of carbonyl (C=O) groups excluding carboxylic acids is 1. The molecule has 2 fully saturated rings. The average Bonchev–Trinajstić information content (AvgIpc) is 3.75. The Hall–Kier alpha value is -3.88. The van der Waals surface area contributed by atoms with E-state index in [4.69, 9.17) is 10.00 Å². The van der Waals surface area contributed by atoms with Crippen LogP contribution >= 0.6 is 0 Å². The van der Waals surface area contributed by atoms with Crippen LogP contribution in [-0.2, 0) is 9.53 Å². The van der Waals surface area contributed by atoms with E-state index >= 15 is 0 Å². The number of ether oxygens (including phenoxy) is 1. The molecule has 0 aromatic heterocycles. The second-order valence-electron chi connectivity index (χ2n) is 10.2. The van der Waals surface area contributed by atoms with Crippen molar-refractivity contribution in [3.8, 4) is 17.2 Å². The first-order chi connectivity index (χ1) is 18.0. The van der Waals surface area contributed by atoms with Crippen LogP contribution in [0.2, 0.25) is 0 Å². The highest BCUT2D eigenvalue weighted by molar-refractivity contribution is 5.84. The van der Waals surface area contributed by atoms with E-state index in [1.165, 1.54) is 24.1 Å². The quantitative estimate of drug-likeness (QED) is 0.347. The number of hydrogen-bond donors (Lipinski definition) is 0. The third kappa shape index (κ3) is 5.45. The first-order valence-electron chi connectivity index (χ1n) is 13.0. The summed E-state index contributed by atoms with van der Waals surface area (Å²) < 4.78 is 5.95. The first-order valence-corrected chi connectivity index (χ1v) is 13.0. The number of morpholine rings is 1. The standard InChI is InChI=1S/C32H33N3O2/c1-22-5-4-6-30(26-9-7-25(18-33)8-10-26)29(22)15-16-34(21-36)28-13-14-32(31(17-28)27-11-12-27)35-19-23(2)37-24(3)20-35/h4-10,13-17,21,23-24,27H,11-12,19-20H2,1-3H3/b16-15-. The number of nitriles is 1. The Morgan fingerprint density at radius 1 is 1.03 bits per heavy atom. The second kappa shape index (κ2) is 10.6. The summed E-state index contributed by atoms with van der Waals surface area (Å²) in [6, 6.07) is 22.4. The molecule has 2 atom stereocenters. The van der Waals surface area contributed by atoms with Crippen molar-refractivity contribution in [3.05, 3.63) is 89.1 Å². The molecule has 0 radical (unpaired) electrons. The molecule has 188 valence electrons. The van der Waals surface area contributed by atoms with Crippen molar-refractivity contribution in [1.82, 2.24) is 0 Å². The Morgan fingerprint density at radius 2 is 1.76 bits per heavy atom. The zero-order chi connectivity index (χ0) is 25.9. The van der Waals surface area contributed by atoms with Crippen molar-refractivity contribution >= 4 is 23.9 Å². The van der Waals surface area contributed by atoms with E-state index in [9.17, 15) is 4.79 Å². The van der Waals surface area contributed by atoms with Crippen LogP contribution in [0.15, 0.2) is 66.9 Å². The predicted molar refractivity (Wildman–Crippen MR) is 150 cm³/mol. The average molecular weight is 492 g/mol. The van der Waals surface area contributed by atoms with Crippen LogP contribution < -0.4 is 9.80 Å². The van der Waals surface area contributed by atoms with E-state index in [1.54, 1.807) is 4.90 Å². The lowest BCUT2D eigenvalue weighted by Crippen LogP contribution is -2.45. The fraction of sp³-hybridized carbons (Fsp3) is 0.312. The van der Waals surface area contributed by atoms with Gasteiger partial charge in [0.15, 0.2) is 0 Å². The van der Waals surface area contributed by atoms with Gasteiger partial charge in [-0.05, 0) is 104 Å². The monoisotopic (exact) mass is 491 g/mol. The Kier molecular flexibility index (Phi) is 7.12. The molecule has 0 spiro atoms. The minimum atomic E-state index is 0.198. The molecule has 1 saturated heterocycles. The van der Waals surface area contributed by atoms with Gasteiger partial charge in [0, 0.05) is 30.7 Å². The van der Waals surface area contributed by atoms with E-state index < -0.39 is 0 Å². The smallest absolute Gasteiger partial charge is 0.218 e. The maximum atomic E-state index is 12.2. The van der Waals surface area contributed by atoms with Gasteiger partial charge in [0.2, 0.25) is 6.41 Å². The SMILES string of the molecule is Cc1cccc(-c2ccc(C#N)cc2)c1/C=C\N(C=O)c1ccc(N2CC(C)OC(C)C2)c(C2CC2)c1. The van der Waals surface area contributed by atoms with Crippen LogP contribution in [0.5, 0.6) is 0 Å². The highest BCUT2D eigenvalue weighted by Crippen LogP contribution is 2.46. The summed E-state index contributed by atoms with van der Waals surface area (Å²) in [5.41, 5.74) is 8.38. The summed E-state index contributed by atoms with van der Waals surface area (Å²) in [5, 5.41) is 9.14. The highest BCUT2D eigenvalue weighted by atomic mass is 16.5. The zero-order valence-corrected chi connectivity index (χ0v) is 21.7. The normalized spacial score (nSPS) is 19.6. The van der Waals surface area contributed by atoms with Gasteiger partial charge in [-0.2, -0.15) is 5.26 Å². The van der Waals surface area contributed by atoms with Crippen LogP contribution in [-0.4, -0.2) is 31.7 Å². The van der Waals surface area contributed by atoms with Gasteiger partial charge in [0.1, 0.15) is 0 Å². The summed E-state index contributed by atoms with van der Waals surface area (Å²) in [4.78, 5) is 16.3. The lowest BCUT2D eigenvalue weighted by Gasteiger charge is -2.38. The summed E-state index contributed by atoms with van der Waals surface area (Å²) in [6.07, 6.45) is 7.52. The van der Waals surface area contributed by atoms with E-state index in [0.717, 1.165) is 47.4 Å². The van der Waals surface area contributed by atoms with Gasteiger partial charge in [-0.25, -0.2) is 0 Å². The highest BCUT2D eigenvalue weighted by Gasteiger charge is 2.31. The molecule has 5 nitrogen and oxygen atoms in total. The molecule has 1 aliphatic heterocycles. The number of amides is 1. The third-order valence-corrected chi connectivity index (χ3v) is 7.25. The fourth-order valence-electron chi connectivity index (χ4n) is 5.30. The number of carbonyl (C=O) groups is 1. The molecule has 2 unspecified atom stereocenters. The van der Waals surface area contributed by atoms with Gasteiger partial charge in [-0.3, -0.25) is 9.69 Å². The van der Waals surface area contributed by atoms with Crippen LogP contribution in [0.3, 0.4) is 0 Å². The molecule has 1 saturated carbocycles. The van der Waals surface area contributed by atoms with Crippen molar-refractivity contribution in [3.63, 3.8) is 0 Å². The molecule has 2 aliphatic rings. The van der Waals surface area contributed by atoms with Gasteiger partial charge in [0.25, 0.3) is 0 Å². The predicted octanol–water partition coefficient (Wildman–Crippen LogP) is 6.66. The first kappa shape index (κ1) is 24.8. The lowest BCUT2D eigenvalue weighted by atomic mass is 9.95. The maximum absolute atomic E-state index is 12.2. The minimum absolute atomic E-state index is 0.198. The Labute approximate surface area is 219 Å². The van der Waals surface area contributed by atoms with Crippen molar-refractivity contribution in [2.75, 3.05) is 22.9 Å². The number of anilines is 2. The summed E-state index contributed by atoms with van der Waals surface area (Å²) in [6.45, 7) is 8.09. The van der Waals surface area contributed by atoms with Crippen molar-refractivity contribution in [1.29, 1.82) is 5.26 Å². The fourth-order valence-corrected chi connectivity index (χ4v) is 5.30. The van der Waals surface area contributed by atoms with Gasteiger partial charge >= 0.3 is 0 Å². The number of benzene rings is 3. The van der Waals surface area contributed by atoms with Gasteiger partial charge in [0.05, 0.1) is 23.8 Å². The Balaban J connectivity index is 1.45. The molecule has 37 heavy (non-hydrogen) atoms.